The van der Waals surface area contributed by atoms with Gasteiger partial charge in [0.1, 0.15) is 5.60 Å². The average molecular weight is 576 g/mol. The number of rotatable bonds is 10. The van der Waals surface area contributed by atoms with Gasteiger partial charge in [0.2, 0.25) is 5.91 Å². The molecule has 8 heteroatoms. The normalized spacial score (nSPS) is 13.8. The zero-order valence-electron chi connectivity index (χ0n) is 25.2. The third-order valence-electron chi connectivity index (χ3n) is 6.92. The summed E-state index contributed by atoms with van der Waals surface area (Å²) < 4.78 is 12.5. The summed E-state index contributed by atoms with van der Waals surface area (Å²) in [5.74, 6) is -0.582. The standard InChI is InChI=1S/C33H45N3O4Si/c1-32(2,3)40-31(38)36(30(37)28(34)24-25-16-10-7-11-17-25)29(35)22-23-39-41(33(4,5)6,26-18-12-8-13-19-26)27-20-14-9-15-21-27/h7-21,28-29H,22-24,34-35H2,1-6H3/t28-,29+/m0/s1. The van der Waals surface area contributed by atoms with Crippen LogP contribution in [0.5, 0.6) is 0 Å². The molecule has 0 saturated heterocycles. The summed E-state index contributed by atoms with van der Waals surface area (Å²) in [6, 6.07) is 29.0. The van der Waals surface area contributed by atoms with Crippen LogP contribution >= 0.6 is 0 Å². The van der Waals surface area contributed by atoms with Gasteiger partial charge in [0.05, 0.1) is 12.2 Å². The number of ether oxygens (including phenoxy) is 1. The lowest BCUT2D eigenvalue weighted by Crippen LogP contribution is -2.67. The second-order valence-electron chi connectivity index (χ2n) is 12.4. The van der Waals surface area contributed by atoms with Crippen molar-refractivity contribution in [2.45, 2.75) is 77.2 Å². The van der Waals surface area contributed by atoms with Crippen molar-refractivity contribution in [3.8, 4) is 0 Å². The van der Waals surface area contributed by atoms with Gasteiger partial charge in [0, 0.05) is 13.0 Å². The largest absolute Gasteiger partial charge is 0.443 e. The minimum atomic E-state index is -2.82. The molecule has 0 spiro atoms. The maximum Gasteiger partial charge on any atom is 0.418 e. The van der Waals surface area contributed by atoms with E-state index in [4.69, 9.17) is 20.6 Å². The Labute approximate surface area is 246 Å². The molecule has 41 heavy (non-hydrogen) atoms. The molecule has 0 aliphatic carbocycles. The van der Waals surface area contributed by atoms with Crippen LogP contribution < -0.4 is 21.8 Å². The van der Waals surface area contributed by atoms with Gasteiger partial charge in [-0.25, -0.2) is 9.69 Å². The highest BCUT2D eigenvalue weighted by atomic mass is 28.4. The molecule has 0 heterocycles. The van der Waals surface area contributed by atoms with Crippen LogP contribution in [-0.2, 0) is 20.4 Å². The van der Waals surface area contributed by atoms with Crippen LogP contribution in [0, 0.1) is 0 Å². The number of carbonyl (C=O) groups is 2. The van der Waals surface area contributed by atoms with Crippen molar-refractivity contribution in [2.75, 3.05) is 6.61 Å². The number of hydrogen-bond acceptors (Lipinski definition) is 6. The molecule has 0 saturated carbocycles. The van der Waals surface area contributed by atoms with E-state index < -0.39 is 38.1 Å². The smallest absolute Gasteiger partial charge is 0.418 e. The lowest BCUT2D eigenvalue weighted by atomic mass is 10.1. The van der Waals surface area contributed by atoms with Gasteiger partial charge >= 0.3 is 6.09 Å². The summed E-state index contributed by atoms with van der Waals surface area (Å²) in [6.07, 6.45) is -1.32. The van der Waals surface area contributed by atoms with Gasteiger partial charge < -0.3 is 20.6 Å². The lowest BCUT2D eigenvalue weighted by Gasteiger charge is -2.43. The van der Waals surface area contributed by atoms with E-state index in [1.807, 2.05) is 66.7 Å². The zero-order valence-corrected chi connectivity index (χ0v) is 26.2. The van der Waals surface area contributed by atoms with E-state index >= 15 is 0 Å². The molecule has 220 valence electrons. The highest BCUT2D eigenvalue weighted by Crippen LogP contribution is 2.36. The van der Waals surface area contributed by atoms with Crippen molar-refractivity contribution in [1.29, 1.82) is 0 Å². The number of nitrogens with zero attached hydrogens (tertiary/aromatic N) is 1. The summed E-state index contributed by atoms with van der Waals surface area (Å²) in [5, 5.41) is 2.05. The van der Waals surface area contributed by atoms with Crippen molar-refractivity contribution in [2.24, 2.45) is 11.5 Å². The van der Waals surface area contributed by atoms with Crippen molar-refractivity contribution in [1.82, 2.24) is 4.90 Å². The van der Waals surface area contributed by atoms with Crippen LogP contribution in [0.3, 0.4) is 0 Å². The quantitative estimate of drug-likeness (QED) is 0.271. The average Bonchev–Trinajstić information content (AvgIpc) is 2.91. The van der Waals surface area contributed by atoms with E-state index in [2.05, 4.69) is 45.0 Å². The van der Waals surface area contributed by atoms with E-state index in [9.17, 15) is 9.59 Å². The van der Waals surface area contributed by atoms with Crippen LogP contribution in [0.1, 0.15) is 53.5 Å². The number of benzene rings is 3. The van der Waals surface area contributed by atoms with E-state index in [0.717, 1.165) is 20.8 Å². The molecule has 2 atom stereocenters. The third kappa shape index (κ3) is 8.13. The van der Waals surface area contributed by atoms with Crippen molar-refractivity contribution in [3.05, 3.63) is 96.6 Å². The molecule has 0 aliphatic rings. The zero-order chi connectivity index (χ0) is 30.3. The Morgan fingerprint density at radius 2 is 1.24 bits per heavy atom. The first-order chi connectivity index (χ1) is 19.3. The fourth-order valence-electron chi connectivity index (χ4n) is 5.06. The second kappa shape index (κ2) is 13.6. The summed E-state index contributed by atoms with van der Waals surface area (Å²) in [5.41, 5.74) is 13.0. The number of hydrogen-bond donors (Lipinski definition) is 2. The van der Waals surface area contributed by atoms with Crippen molar-refractivity contribution < 1.29 is 18.8 Å². The Bertz CT molecular complexity index is 1220. The Hall–Kier alpha value is -3.30. The highest BCUT2D eigenvalue weighted by molar-refractivity contribution is 6.99. The molecule has 3 rings (SSSR count). The maximum atomic E-state index is 13.6. The van der Waals surface area contributed by atoms with Crippen LogP contribution in [0.25, 0.3) is 0 Å². The number of imide groups is 1. The molecule has 0 unspecified atom stereocenters. The second-order valence-corrected chi connectivity index (χ2v) is 16.7. The van der Waals surface area contributed by atoms with Crippen molar-refractivity contribution in [3.63, 3.8) is 0 Å². The fraction of sp³-hybridized carbons (Fsp3) is 0.394. The van der Waals surface area contributed by atoms with Gasteiger partial charge in [-0.15, -0.1) is 0 Å². The molecule has 7 nitrogen and oxygen atoms in total. The maximum absolute atomic E-state index is 13.6. The van der Waals surface area contributed by atoms with E-state index in [-0.39, 0.29) is 24.5 Å². The monoisotopic (exact) mass is 575 g/mol. The molecule has 2 amide bonds. The Morgan fingerprint density at radius 3 is 1.68 bits per heavy atom. The number of carbonyl (C=O) groups excluding carboxylic acids is 2. The summed E-state index contributed by atoms with van der Waals surface area (Å²) >= 11 is 0. The van der Waals surface area contributed by atoms with Gasteiger partial charge in [-0.05, 0) is 48.2 Å². The molecular formula is C33H45N3O4Si. The summed E-state index contributed by atoms with van der Waals surface area (Å²) in [4.78, 5) is 27.8. The van der Waals surface area contributed by atoms with Gasteiger partial charge in [0.15, 0.2) is 0 Å². The molecular weight excluding hydrogens is 530 g/mol. The first-order valence-corrected chi connectivity index (χ1v) is 16.0. The Balaban J connectivity index is 1.88. The Morgan fingerprint density at radius 1 is 0.780 bits per heavy atom. The highest BCUT2D eigenvalue weighted by Gasteiger charge is 2.50. The van der Waals surface area contributed by atoms with Gasteiger partial charge in [-0.3, -0.25) is 4.79 Å². The van der Waals surface area contributed by atoms with Gasteiger partial charge in [-0.2, -0.15) is 0 Å². The van der Waals surface area contributed by atoms with Gasteiger partial charge in [0.25, 0.3) is 8.32 Å². The summed E-state index contributed by atoms with van der Waals surface area (Å²) in [6.45, 7) is 12.0. The van der Waals surface area contributed by atoms with E-state index in [1.54, 1.807) is 20.8 Å². The molecule has 0 aliphatic heterocycles. The van der Waals surface area contributed by atoms with Crippen LogP contribution in [0.15, 0.2) is 91.0 Å². The predicted molar refractivity (Wildman–Crippen MR) is 167 cm³/mol. The van der Waals surface area contributed by atoms with E-state index in [1.165, 1.54) is 0 Å². The molecule has 3 aromatic rings. The molecule has 3 aromatic carbocycles. The number of amides is 2. The SMILES string of the molecule is CC(C)(C)OC(=O)N(C(=O)[C@@H](N)Cc1ccccc1)[C@@H](N)CCO[Si](c1ccccc1)(c1ccccc1)C(C)(C)C. The first kappa shape index (κ1) is 32.2. The third-order valence-corrected chi connectivity index (χ3v) is 12.0. The molecule has 0 fully saturated rings. The fourth-order valence-corrected chi connectivity index (χ4v) is 9.64. The van der Waals surface area contributed by atoms with Crippen LogP contribution in [0.2, 0.25) is 5.04 Å². The molecule has 0 radical (unpaired) electrons. The molecule has 0 bridgehead atoms. The Kier molecular flexibility index (Phi) is 10.7. The topological polar surface area (TPSA) is 108 Å². The number of nitrogens with two attached hydrogens (primary N) is 2. The summed E-state index contributed by atoms with van der Waals surface area (Å²) in [7, 11) is -2.82. The van der Waals surface area contributed by atoms with Gasteiger partial charge in [-0.1, -0.05) is 112 Å². The molecule has 4 N–H and O–H groups in total. The van der Waals surface area contributed by atoms with E-state index in [0.29, 0.717) is 0 Å². The van der Waals surface area contributed by atoms with Crippen LogP contribution in [0.4, 0.5) is 4.79 Å². The first-order valence-electron chi connectivity index (χ1n) is 14.1. The minimum Gasteiger partial charge on any atom is -0.443 e. The minimum absolute atomic E-state index is 0.216. The van der Waals surface area contributed by atoms with Crippen molar-refractivity contribution >= 4 is 30.7 Å². The van der Waals surface area contributed by atoms with Crippen LogP contribution in [-0.4, -0.2) is 49.6 Å². The predicted octanol–water partition coefficient (Wildman–Crippen LogP) is 4.57. The molecule has 0 aromatic heterocycles. The lowest BCUT2D eigenvalue weighted by molar-refractivity contribution is -0.134.